The van der Waals surface area contributed by atoms with Crippen molar-refractivity contribution in [2.45, 2.75) is 32.4 Å². The molecule has 0 aromatic rings. The summed E-state index contributed by atoms with van der Waals surface area (Å²) in [6.45, 7) is 3.21. The first-order valence-corrected chi connectivity index (χ1v) is 9.59. The smallest absolute Gasteiger partial charge is 0.300 e. The summed E-state index contributed by atoms with van der Waals surface area (Å²) < 4.78 is 22.9. The molecule has 0 saturated carbocycles. The predicted molar refractivity (Wildman–Crippen MR) is 72.2 cm³/mol. The summed E-state index contributed by atoms with van der Waals surface area (Å²) in [5, 5.41) is 1.11. The zero-order chi connectivity index (χ0) is 12.9. The van der Waals surface area contributed by atoms with Gasteiger partial charge in [-0.3, -0.25) is 9.32 Å². The Labute approximate surface area is 110 Å². The van der Waals surface area contributed by atoms with Crippen LogP contribution in [0.25, 0.3) is 0 Å². The molecule has 0 aliphatic carbocycles. The third-order valence-corrected chi connectivity index (χ3v) is 7.22. The van der Waals surface area contributed by atoms with Gasteiger partial charge in [0.2, 0.25) is 0 Å². The summed E-state index contributed by atoms with van der Waals surface area (Å²) in [5.74, 6) is 0.666. The second-order valence-electron chi connectivity index (χ2n) is 3.49. The van der Waals surface area contributed by atoms with Gasteiger partial charge in [0, 0.05) is 11.0 Å². The predicted octanol–water partition coefficient (Wildman–Crippen LogP) is 3.76. The van der Waals surface area contributed by atoms with Crippen molar-refractivity contribution in [3.63, 3.8) is 0 Å². The van der Waals surface area contributed by atoms with Crippen LogP contribution in [0.4, 0.5) is 4.79 Å². The SMILES string of the molecule is CCOP(=O)(ON1CCSC1=O)SC(C)CC. The number of nitrogens with zero attached hydrogens (tertiary/aromatic N) is 1. The van der Waals surface area contributed by atoms with E-state index in [-0.39, 0.29) is 10.5 Å². The molecule has 1 aliphatic rings. The van der Waals surface area contributed by atoms with Crippen LogP contribution in [0.5, 0.6) is 0 Å². The molecule has 1 aliphatic heterocycles. The molecule has 0 bridgehead atoms. The highest BCUT2D eigenvalue weighted by Crippen LogP contribution is 2.63. The van der Waals surface area contributed by atoms with Gasteiger partial charge in [-0.05, 0) is 24.7 Å². The number of hydrogen-bond acceptors (Lipinski definition) is 6. The molecule has 1 rings (SSSR count). The normalized spacial score (nSPS) is 21.6. The standard InChI is InChI=1S/C9H18NO4PS2/c1-4-8(3)17-15(12,13-5-2)14-10-6-7-16-9(10)11/h8H,4-7H2,1-3H3. The van der Waals surface area contributed by atoms with Gasteiger partial charge in [-0.2, -0.15) is 4.62 Å². The molecule has 2 unspecified atom stereocenters. The second kappa shape index (κ2) is 7.04. The van der Waals surface area contributed by atoms with Crippen LogP contribution in [0.15, 0.2) is 0 Å². The minimum Gasteiger partial charge on any atom is -0.300 e. The number of thioether (sulfide) groups is 1. The van der Waals surface area contributed by atoms with Crippen molar-refractivity contribution in [2.75, 3.05) is 18.9 Å². The minimum atomic E-state index is -3.27. The molecule has 1 saturated heterocycles. The van der Waals surface area contributed by atoms with E-state index in [4.69, 9.17) is 9.15 Å². The number of carbonyl (C=O) groups excluding carboxylic acids is 1. The summed E-state index contributed by atoms with van der Waals surface area (Å²) in [5.41, 5.74) is 0. The van der Waals surface area contributed by atoms with Crippen LogP contribution in [0.2, 0.25) is 0 Å². The molecule has 2 atom stereocenters. The first-order chi connectivity index (χ1) is 8.00. The summed E-state index contributed by atoms with van der Waals surface area (Å²) in [4.78, 5) is 11.4. The maximum atomic E-state index is 12.4. The molecular weight excluding hydrogens is 281 g/mol. The zero-order valence-corrected chi connectivity index (χ0v) is 12.8. The molecule has 1 amide bonds. The van der Waals surface area contributed by atoms with E-state index in [9.17, 15) is 9.36 Å². The van der Waals surface area contributed by atoms with E-state index in [1.807, 2.05) is 13.8 Å². The van der Waals surface area contributed by atoms with E-state index in [0.717, 1.165) is 23.2 Å². The van der Waals surface area contributed by atoms with Gasteiger partial charge < -0.3 is 0 Å². The Morgan fingerprint density at radius 3 is 2.76 bits per heavy atom. The van der Waals surface area contributed by atoms with Crippen LogP contribution in [-0.2, 0) is 13.7 Å². The van der Waals surface area contributed by atoms with Gasteiger partial charge in [-0.1, -0.05) is 25.6 Å². The second-order valence-corrected chi connectivity index (χ2v) is 8.84. The van der Waals surface area contributed by atoms with Gasteiger partial charge in [0.15, 0.2) is 0 Å². The fraction of sp³-hybridized carbons (Fsp3) is 0.889. The number of carbonyl (C=O) groups is 1. The van der Waals surface area contributed by atoms with Crippen LogP contribution in [0.1, 0.15) is 27.2 Å². The lowest BCUT2D eigenvalue weighted by Gasteiger charge is -2.23. The van der Waals surface area contributed by atoms with Crippen LogP contribution >= 0.6 is 29.9 Å². The van der Waals surface area contributed by atoms with Gasteiger partial charge in [-0.15, -0.1) is 0 Å². The molecule has 0 aromatic heterocycles. The third-order valence-electron chi connectivity index (χ3n) is 2.09. The van der Waals surface area contributed by atoms with Crippen molar-refractivity contribution >= 4 is 35.2 Å². The molecule has 100 valence electrons. The van der Waals surface area contributed by atoms with Crippen molar-refractivity contribution < 1.29 is 18.5 Å². The number of amides is 1. The van der Waals surface area contributed by atoms with Crippen molar-refractivity contribution in [1.29, 1.82) is 0 Å². The number of hydroxylamine groups is 2. The van der Waals surface area contributed by atoms with E-state index in [1.165, 1.54) is 11.4 Å². The molecule has 1 fully saturated rings. The Morgan fingerprint density at radius 1 is 1.59 bits per heavy atom. The Morgan fingerprint density at radius 2 is 2.29 bits per heavy atom. The Hall–Kier alpha value is 0.320. The van der Waals surface area contributed by atoms with Crippen molar-refractivity contribution in [3.8, 4) is 0 Å². The molecule has 0 aromatic carbocycles. The molecule has 0 N–H and O–H groups in total. The maximum absolute atomic E-state index is 12.4. The number of rotatable bonds is 7. The van der Waals surface area contributed by atoms with E-state index >= 15 is 0 Å². The highest BCUT2D eigenvalue weighted by Gasteiger charge is 2.35. The van der Waals surface area contributed by atoms with Gasteiger partial charge in [0.25, 0.3) is 0 Å². The highest BCUT2D eigenvalue weighted by atomic mass is 32.7. The molecular formula is C9H18NO4PS2. The summed E-state index contributed by atoms with van der Waals surface area (Å²) in [6, 6.07) is 0. The van der Waals surface area contributed by atoms with Crippen molar-refractivity contribution in [3.05, 3.63) is 0 Å². The Bertz CT molecular complexity index is 315. The maximum Gasteiger partial charge on any atom is 0.410 e. The van der Waals surface area contributed by atoms with Crippen LogP contribution < -0.4 is 0 Å². The number of hydrogen-bond donors (Lipinski definition) is 0. The van der Waals surface area contributed by atoms with Crippen molar-refractivity contribution in [2.24, 2.45) is 0 Å². The third kappa shape index (κ3) is 4.83. The highest BCUT2D eigenvalue weighted by molar-refractivity contribution is 8.55. The molecule has 0 spiro atoms. The topological polar surface area (TPSA) is 55.8 Å². The average Bonchev–Trinajstić information content (AvgIpc) is 2.64. The minimum absolute atomic E-state index is 0.165. The first kappa shape index (κ1) is 15.4. The van der Waals surface area contributed by atoms with Crippen LogP contribution in [0.3, 0.4) is 0 Å². The fourth-order valence-corrected chi connectivity index (χ4v) is 5.93. The molecule has 8 heteroatoms. The van der Waals surface area contributed by atoms with E-state index in [1.54, 1.807) is 6.92 Å². The van der Waals surface area contributed by atoms with Gasteiger partial charge in [0.1, 0.15) is 0 Å². The monoisotopic (exact) mass is 299 g/mol. The van der Waals surface area contributed by atoms with Crippen LogP contribution in [-0.4, -0.2) is 34.5 Å². The first-order valence-electron chi connectivity index (χ1n) is 5.57. The van der Waals surface area contributed by atoms with E-state index in [0.29, 0.717) is 18.9 Å². The molecule has 0 radical (unpaired) electrons. The largest absolute Gasteiger partial charge is 0.410 e. The molecule has 17 heavy (non-hydrogen) atoms. The lowest BCUT2D eigenvalue weighted by molar-refractivity contribution is -0.00146. The fourth-order valence-electron chi connectivity index (χ4n) is 1.10. The summed E-state index contributed by atoms with van der Waals surface area (Å²) in [7, 11) is 0. The van der Waals surface area contributed by atoms with E-state index in [2.05, 4.69) is 0 Å². The van der Waals surface area contributed by atoms with E-state index < -0.39 is 6.80 Å². The Balaban J connectivity index is 2.63. The lowest BCUT2D eigenvalue weighted by atomic mass is 10.4. The zero-order valence-electron chi connectivity index (χ0n) is 10.2. The molecule has 1 heterocycles. The van der Waals surface area contributed by atoms with Gasteiger partial charge in [0.05, 0.1) is 13.2 Å². The average molecular weight is 299 g/mol. The lowest BCUT2D eigenvalue weighted by Crippen LogP contribution is -2.22. The Kier molecular flexibility index (Phi) is 6.37. The van der Waals surface area contributed by atoms with Gasteiger partial charge >= 0.3 is 12.0 Å². The van der Waals surface area contributed by atoms with Crippen molar-refractivity contribution in [1.82, 2.24) is 5.06 Å². The molecule has 5 nitrogen and oxygen atoms in total. The van der Waals surface area contributed by atoms with Gasteiger partial charge in [-0.25, -0.2) is 9.63 Å². The summed E-state index contributed by atoms with van der Waals surface area (Å²) in [6.07, 6.45) is 0.869. The van der Waals surface area contributed by atoms with Crippen LogP contribution in [0, 0.1) is 0 Å². The summed E-state index contributed by atoms with van der Waals surface area (Å²) >= 11 is 2.33. The quantitative estimate of drug-likeness (QED) is 0.667.